The Hall–Kier alpha value is -1.13. The molecule has 0 aromatic heterocycles. The van der Waals surface area contributed by atoms with Gasteiger partial charge >= 0.3 is 0 Å². The molecule has 0 saturated carbocycles. The fourth-order valence-electron chi connectivity index (χ4n) is 2.10. The van der Waals surface area contributed by atoms with Gasteiger partial charge in [-0.05, 0) is 31.0 Å². The first-order valence-corrected chi connectivity index (χ1v) is 8.01. The number of benzene rings is 1. The van der Waals surface area contributed by atoms with Gasteiger partial charge in [-0.3, -0.25) is 4.79 Å². The highest BCUT2D eigenvalue weighted by Crippen LogP contribution is 2.27. The molecule has 0 aliphatic carbocycles. The largest absolute Gasteiger partial charge is 0.496 e. The van der Waals surface area contributed by atoms with E-state index in [1.54, 1.807) is 11.8 Å². The third kappa shape index (κ3) is 3.70. The maximum absolute atomic E-state index is 12.3. The van der Waals surface area contributed by atoms with E-state index in [-0.39, 0.29) is 11.9 Å². The maximum atomic E-state index is 12.3. The summed E-state index contributed by atoms with van der Waals surface area (Å²) in [4.78, 5) is 13.0. The highest BCUT2D eigenvalue weighted by molar-refractivity contribution is 8.04. The van der Waals surface area contributed by atoms with E-state index in [0.29, 0.717) is 22.3 Å². The van der Waals surface area contributed by atoms with Crippen LogP contribution in [0.1, 0.15) is 31.9 Å². The van der Waals surface area contributed by atoms with Crippen LogP contribution in [-0.2, 0) is 9.53 Å². The van der Waals surface area contributed by atoms with Crippen molar-refractivity contribution in [1.82, 2.24) is 5.32 Å². The molecule has 2 rings (SSSR count). The van der Waals surface area contributed by atoms with Crippen LogP contribution in [0.2, 0.25) is 5.02 Å². The monoisotopic (exact) mass is 311 g/mol. The summed E-state index contributed by atoms with van der Waals surface area (Å²) in [6.45, 7) is 4.54. The van der Waals surface area contributed by atoms with Crippen LogP contribution in [-0.4, -0.2) is 18.3 Å². The second-order valence-electron chi connectivity index (χ2n) is 4.57. The van der Waals surface area contributed by atoms with Crippen molar-refractivity contribution >= 4 is 29.3 Å². The molecule has 20 heavy (non-hydrogen) atoms. The number of carbonyl (C=O) groups is 1. The summed E-state index contributed by atoms with van der Waals surface area (Å²) in [5, 5.41) is 3.74. The van der Waals surface area contributed by atoms with Gasteiger partial charge in [-0.25, -0.2) is 0 Å². The van der Waals surface area contributed by atoms with E-state index in [9.17, 15) is 4.79 Å². The highest BCUT2D eigenvalue weighted by Gasteiger charge is 2.21. The number of ether oxygens (including phenoxy) is 1. The first kappa shape index (κ1) is 15.3. The van der Waals surface area contributed by atoms with Gasteiger partial charge in [0.2, 0.25) is 0 Å². The van der Waals surface area contributed by atoms with Gasteiger partial charge in [0.25, 0.3) is 5.91 Å². The van der Waals surface area contributed by atoms with Gasteiger partial charge in [0.05, 0.1) is 12.6 Å². The summed E-state index contributed by atoms with van der Waals surface area (Å²) in [6, 6.07) is 7.56. The van der Waals surface area contributed by atoms with Crippen LogP contribution in [0.5, 0.6) is 0 Å². The Morgan fingerprint density at radius 3 is 3.00 bits per heavy atom. The van der Waals surface area contributed by atoms with Crippen molar-refractivity contribution in [3.8, 4) is 0 Å². The molecule has 5 heteroatoms. The molecule has 0 spiro atoms. The molecule has 1 aromatic carbocycles. The number of carbonyl (C=O) groups excluding carboxylic acids is 1. The summed E-state index contributed by atoms with van der Waals surface area (Å²) >= 11 is 7.55. The van der Waals surface area contributed by atoms with Crippen molar-refractivity contribution in [1.29, 1.82) is 0 Å². The molecular formula is C15H18ClNO2S. The number of halogens is 1. The van der Waals surface area contributed by atoms with Crippen molar-refractivity contribution in [3.05, 3.63) is 45.5 Å². The Bertz CT molecular complexity index is 530. The molecule has 1 aliphatic heterocycles. The van der Waals surface area contributed by atoms with Gasteiger partial charge in [0.15, 0.2) is 0 Å². The van der Waals surface area contributed by atoms with Crippen molar-refractivity contribution in [2.75, 3.05) is 12.4 Å². The average Bonchev–Trinajstić information content (AvgIpc) is 2.45. The molecule has 1 aliphatic rings. The summed E-state index contributed by atoms with van der Waals surface area (Å²) < 4.78 is 5.43. The van der Waals surface area contributed by atoms with Crippen LogP contribution >= 0.6 is 23.4 Å². The number of nitrogens with one attached hydrogen (secondary N) is 1. The number of amides is 1. The molecule has 1 aromatic rings. The molecule has 1 heterocycles. The Labute approximate surface area is 128 Å². The SMILES string of the molecule is CC[C@H](NC(=O)C1=C(C)OCCS1)c1cccc(Cl)c1. The first-order chi connectivity index (χ1) is 9.61. The lowest BCUT2D eigenvalue weighted by Crippen LogP contribution is -2.30. The molecule has 0 saturated heterocycles. The average molecular weight is 312 g/mol. The maximum Gasteiger partial charge on any atom is 0.261 e. The van der Waals surface area contributed by atoms with Gasteiger partial charge in [-0.15, -0.1) is 11.8 Å². The predicted octanol–water partition coefficient (Wildman–Crippen LogP) is 3.90. The molecule has 108 valence electrons. The van der Waals surface area contributed by atoms with Crippen molar-refractivity contribution in [2.45, 2.75) is 26.3 Å². The minimum Gasteiger partial charge on any atom is -0.496 e. The standard InChI is InChI=1S/C15H18ClNO2S/c1-3-13(11-5-4-6-12(16)9-11)17-15(18)14-10(2)19-7-8-20-14/h4-6,9,13H,3,7-8H2,1-2H3,(H,17,18)/t13-/m0/s1. The van der Waals surface area contributed by atoms with Crippen LogP contribution in [0.15, 0.2) is 34.9 Å². The molecule has 1 atom stereocenters. The van der Waals surface area contributed by atoms with Crippen LogP contribution in [0.4, 0.5) is 0 Å². The Kier molecular flexibility index (Phi) is 5.38. The molecule has 0 radical (unpaired) electrons. The van der Waals surface area contributed by atoms with Gasteiger partial charge in [-0.2, -0.15) is 0 Å². The second-order valence-corrected chi connectivity index (χ2v) is 6.11. The zero-order valence-corrected chi connectivity index (χ0v) is 13.2. The van der Waals surface area contributed by atoms with Gasteiger partial charge < -0.3 is 10.1 Å². The summed E-state index contributed by atoms with van der Waals surface area (Å²) in [5.41, 5.74) is 1.02. The fraction of sp³-hybridized carbons (Fsp3) is 0.400. The number of thioether (sulfide) groups is 1. The van der Waals surface area contributed by atoms with Gasteiger partial charge in [-0.1, -0.05) is 30.7 Å². The Morgan fingerprint density at radius 1 is 1.55 bits per heavy atom. The van der Waals surface area contributed by atoms with Crippen LogP contribution < -0.4 is 5.32 Å². The number of hydrogen-bond acceptors (Lipinski definition) is 3. The molecule has 1 amide bonds. The van der Waals surface area contributed by atoms with E-state index in [1.165, 1.54) is 0 Å². The number of rotatable bonds is 4. The third-order valence-corrected chi connectivity index (χ3v) is 4.51. The first-order valence-electron chi connectivity index (χ1n) is 6.64. The quantitative estimate of drug-likeness (QED) is 0.916. The van der Waals surface area contributed by atoms with Crippen LogP contribution in [0.3, 0.4) is 0 Å². The Balaban J connectivity index is 2.12. The highest BCUT2D eigenvalue weighted by atomic mass is 35.5. The number of hydrogen-bond donors (Lipinski definition) is 1. The zero-order chi connectivity index (χ0) is 14.5. The van der Waals surface area contributed by atoms with Crippen molar-refractivity contribution < 1.29 is 9.53 Å². The number of allylic oxidation sites excluding steroid dienone is 1. The molecular weight excluding hydrogens is 294 g/mol. The summed E-state index contributed by atoms with van der Waals surface area (Å²) in [6.07, 6.45) is 0.809. The van der Waals surface area contributed by atoms with E-state index < -0.39 is 0 Å². The van der Waals surface area contributed by atoms with E-state index in [2.05, 4.69) is 5.32 Å². The van der Waals surface area contributed by atoms with Gasteiger partial charge in [0, 0.05) is 10.8 Å². The fourth-order valence-corrected chi connectivity index (χ4v) is 3.12. The molecule has 0 unspecified atom stereocenters. The van der Waals surface area contributed by atoms with Crippen LogP contribution in [0.25, 0.3) is 0 Å². The third-order valence-electron chi connectivity index (χ3n) is 3.14. The molecule has 1 N–H and O–H groups in total. The summed E-state index contributed by atoms with van der Waals surface area (Å²) in [7, 11) is 0. The smallest absolute Gasteiger partial charge is 0.261 e. The van der Waals surface area contributed by atoms with Crippen LogP contribution in [0, 0.1) is 0 Å². The molecule has 0 fully saturated rings. The Morgan fingerprint density at radius 2 is 2.35 bits per heavy atom. The lowest BCUT2D eigenvalue weighted by atomic mass is 10.0. The van der Waals surface area contributed by atoms with E-state index in [4.69, 9.17) is 16.3 Å². The minimum atomic E-state index is -0.0703. The van der Waals surface area contributed by atoms with E-state index in [1.807, 2.05) is 38.1 Å². The zero-order valence-electron chi connectivity index (χ0n) is 11.6. The molecule has 3 nitrogen and oxygen atoms in total. The van der Waals surface area contributed by atoms with Gasteiger partial charge in [0.1, 0.15) is 10.7 Å². The lowest BCUT2D eigenvalue weighted by molar-refractivity contribution is -0.117. The molecule has 0 bridgehead atoms. The van der Waals surface area contributed by atoms with Crippen molar-refractivity contribution in [3.63, 3.8) is 0 Å². The summed E-state index contributed by atoms with van der Waals surface area (Å²) in [5.74, 6) is 1.45. The minimum absolute atomic E-state index is 0.0379. The van der Waals surface area contributed by atoms with E-state index >= 15 is 0 Å². The normalized spacial score (nSPS) is 16.6. The predicted molar refractivity (Wildman–Crippen MR) is 83.7 cm³/mol. The topological polar surface area (TPSA) is 38.3 Å². The lowest BCUT2D eigenvalue weighted by Gasteiger charge is -2.22. The van der Waals surface area contributed by atoms with Crippen molar-refractivity contribution in [2.24, 2.45) is 0 Å². The second kappa shape index (κ2) is 7.04. The van der Waals surface area contributed by atoms with E-state index in [0.717, 1.165) is 17.7 Å².